The van der Waals surface area contributed by atoms with Crippen molar-refractivity contribution in [2.45, 2.75) is 106 Å². The number of hydrogen-bond donors (Lipinski definition) is 2. The van der Waals surface area contributed by atoms with Crippen LogP contribution in [0.5, 0.6) is 0 Å². The maximum absolute atomic E-state index is 14.5. The number of rotatable bonds is 3. The highest BCUT2D eigenvalue weighted by atomic mass is 32.2. The lowest BCUT2D eigenvalue weighted by atomic mass is 9.33. The molecule has 5 aliphatic rings. The summed E-state index contributed by atoms with van der Waals surface area (Å²) in [6, 6.07) is 2.11. The third kappa shape index (κ3) is 3.66. The van der Waals surface area contributed by atoms with Gasteiger partial charge in [-0.3, -0.25) is 19.1 Å². The van der Waals surface area contributed by atoms with E-state index >= 15 is 0 Å². The summed E-state index contributed by atoms with van der Waals surface area (Å²) in [5.74, 6) is -2.01. The van der Waals surface area contributed by atoms with E-state index < -0.39 is 59.9 Å². The topological polar surface area (TPSA) is 141 Å². The Bertz CT molecular complexity index is 1500. The number of nitrogens with one attached hydrogen (secondary N) is 1. The minimum atomic E-state index is -3.77. The van der Waals surface area contributed by atoms with Gasteiger partial charge in [0.2, 0.25) is 15.9 Å². The molecule has 3 fully saturated rings. The highest BCUT2D eigenvalue weighted by Gasteiger charge is 2.75. The summed E-state index contributed by atoms with van der Waals surface area (Å²) >= 11 is 0. The third-order valence-electron chi connectivity index (χ3n) is 13.4. The lowest BCUT2D eigenvalue weighted by Gasteiger charge is -2.71. The van der Waals surface area contributed by atoms with Gasteiger partial charge in [0.05, 0.1) is 11.3 Å². The van der Waals surface area contributed by atoms with Gasteiger partial charge in [-0.2, -0.15) is 5.26 Å². The maximum atomic E-state index is 14.5. The number of hydrogen-bond acceptors (Lipinski definition) is 7. The van der Waals surface area contributed by atoms with E-state index in [-0.39, 0.29) is 35.2 Å². The zero-order valence-corrected chi connectivity index (χ0v) is 27.1. The second-order valence-corrected chi connectivity index (χ2v) is 17.8. The van der Waals surface area contributed by atoms with Crippen LogP contribution in [0.1, 0.15) is 100 Å². The first-order chi connectivity index (χ1) is 19.1. The van der Waals surface area contributed by atoms with Gasteiger partial charge in [-0.05, 0) is 80.3 Å². The largest absolute Gasteiger partial charge is 0.381 e. The lowest BCUT2D eigenvalue weighted by Crippen LogP contribution is -2.74. The molecule has 3 saturated carbocycles. The number of sulfonamides is 1. The predicted octanol–water partition coefficient (Wildman–Crippen LogP) is 4.79. The monoisotopic (exact) mass is 598 g/mol. The van der Waals surface area contributed by atoms with Gasteiger partial charge in [0.15, 0.2) is 11.6 Å². The second-order valence-electron chi connectivity index (χ2n) is 15.8. The van der Waals surface area contributed by atoms with E-state index in [0.717, 1.165) is 12.0 Å². The summed E-state index contributed by atoms with van der Waals surface area (Å²) in [4.78, 5) is 41.2. The fourth-order valence-electron chi connectivity index (χ4n) is 10.3. The van der Waals surface area contributed by atoms with Crippen LogP contribution in [-0.2, 0) is 24.4 Å². The number of carbonyl (C=O) groups excluding carboxylic acids is 3. The van der Waals surface area contributed by atoms with Gasteiger partial charge in [0.1, 0.15) is 11.7 Å². The number of nitriles is 1. The maximum Gasteiger partial charge on any atom is 0.239 e. The molecule has 9 heteroatoms. The van der Waals surface area contributed by atoms with Crippen LogP contribution >= 0.6 is 0 Å². The summed E-state index contributed by atoms with van der Waals surface area (Å²) in [6.45, 7) is 15.3. The molecule has 0 radical (unpaired) electrons. The molecule has 5 rings (SSSR count). The molecule has 0 aliphatic heterocycles. The Morgan fingerprint density at radius 3 is 2.24 bits per heavy atom. The molecule has 0 bridgehead atoms. The molecule has 0 saturated heterocycles. The van der Waals surface area contributed by atoms with E-state index in [1.54, 1.807) is 19.1 Å². The van der Waals surface area contributed by atoms with Crippen molar-refractivity contribution in [1.82, 2.24) is 4.72 Å². The molecule has 230 valence electrons. The number of nitrogens with zero attached hydrogens (tertiary/aromatic N) is 1. The van der Waals surface area contributed by atoms with Crippen molar-refractivity contribution in [3.8, 4) is 6.07 Å². The van der Waals surface area contributed by atoms with Gasteiger partial charge >= 0.3 is 0 Å². The van der Waals surface area contributed by atoms with E-state index in [2.05, 4.69) is 24.6 Å². The molecule has 8 atom stereocenters. The Hall–Kier alpha value is -2.31. The Morgan fingerprint density at radius 2 is 1.64 bits per heavy atom. The van der Waals surface area contributed by atoms with Gasteiger partial charge in [-0.15, -0.1) is 0 Å². The fourth-order valence-corrected chi connectivity index (χ4v) is 11.0. The third-order valence-corrected chi connectivity index (χ3v) is 14.7. The standard InChI is InChI=1S/C33H46N2O6S/c1-9-42(40,41)35-26(38)29(5)13-12-28(4)14-15-32(8)31(7)11-10-21-27(2,3)25(37)20(19-34)17-30(21,6)22(31)16-24(36)33(32,39)23(28)18-29/h16-17,21,23,39H,9-15,18H2,1-8H3,(H,35,38)/t21-,23+,28+,29-,30-,31+,32-,33+/m0/s1. The SMILES string of the molecule is CCS(=O)(=O)NC(=O)[C@@]1(C)CC[C@]2(C)CC[C@@]3(C)[C@]4(C)CC[C@H]5C(C)(C)C(=O)C(C#N)=C[C@]5(C)C4=CC(=O)[C@]3(O)[C@@H]2C1. The molecular formula is C33H46N2O6S. The van der Waals surface area contributed by atoms with Gasteiger partial charge in [-0.25, -0.2) is 8.42 Å². The van der Waals surface area contributed by atoms with Crippen LogP contribution in [-0.4, -0.2) is 42.4 Å². The van der Waals surface area contributed by atoms with E-state index in [0.29, 0.717) is 32.1 Å². The van der Waals surface area contributed by atoms with Crippen molar-refractivity contribution in [2.24, 2.45) is 44.3 Å². The highest BCUT2D eigenvalue weighted by molar-refractivity contribution is 7.90. The Morgan fingerprint density at radius 1 is 1.02 bits per heavy atom. The molecule has 0 unspecified atom stereocenters. The summed E-state index contributed by atoms with van der Waals surface area (Å²) in [6.07, 6.45) is 7.41. The predicted molar refractivity (Wildman–Crippen MR) is 158 cm³/mol. The van der Waals surface area contributed by atoms with Gasteiger partial charge < -0.3 is 5.11 Å². The molecule has 0 aromatic heterocycles. The first kappa shape index (κ1) is 31.1. The van der Waals surface area contributed by atoms with E-state index in [1.165, 1.54) is 6.92 Å². The summed E-state index contributed by atoms with van der Waals surface area (Å²) in [5.41, 5.74) is -5.22. The van der Waals surface area contributed by atoms with Gasteiger partial charge in [0, 0.05) is 27.6 Å². The number of aliphatic hydroxyl groups is 1. The van der Waals surface area contributed by atoms with Crippen LogP contribution in [0.4, 0.5) is 0 Å². The average Bonchev–Trinajstić information content (AvgIpc) is 2.91. The minimum absolute atomic E-state index is 0.104. The van der Waals surface area contributed by atoms with Crippen LogP contribution in [0, 0.1) is 55.7 Å². The molecular weight excluding hydrogens is 552 g/mol. The molecule has 0 heterocycles. The summed E-state index contributed by atoms with van der Waals surface area (Å²) in [5, 5.41) is 22.8. The summed E-state index contributed by atoms with van der Waals surface area (Å²) < 4.78 is 26.8. The van der Waals surface area contributed by atoms with E-state index in [4.69, 9.17) is 0 Å². The first-order valence-corrected chi connectivity index (χ1v) is 17.0. The number of carbonyl (C=O) groups is 3. The van der Waals surface area contributed by atoms with E-state index in [9.17, 15) is 33.2 Å². The van der Waals surface area contributed by atoms with Crippen molar-refractivity contribution in [3.05, 3.63) is 23.3 Å². The Balaban J connectivity index is 1.66. The molecule has 1 amide bonds. The van der Waals surface area contributed by atoms with Crippen molar-refractivity contribution in [3.63, 3.8) is 0 Å². The first-order valence-electron chi connectivity index (χ1n) is 15.3. The zero-order valence-electron chi connectivity index (χ0n) is 26.3. The van der Waals surface area contributed by atoms with Crippen LogP contribution in [0.3, 0.4) is 0 Å². The van der Waals surface area contributed by atoms with Crippen molar-refractivity contribution in [2.75, 3.05) is 5.75 Å². The number of fused-ring (bicyclic) bond motifs is 7. The average molecular weight is 599 g/mol. The van der Waals surface area contributed by atoms with E-state index in [1.807, 2.05) is 27.7 Å². The molecule has 2 N–H and O–H groups in total. The second kappa shape index (κ2) is 8.88. The zero-order chi connectivity index (χ0) is 31.5. The quantitative estimate of drug-likeness (QED) is 0.476. The summed E-state index contributed by atoms with van der Waals surface area (Å²) in [7, 11) is -3.77. The fraction of sp³-hybridized carbons (Fsp3) is 0.758. The molecule has 0 aromatic rings. The minimum Gasteiger partial charge on any atom is -0.381 e. The normalized spacial score (nSPS) is 46.1. The smallest absolute Gasteiger partial charge is 0.239 e. The van der Waals surface area contributed by atoms with Crippen LogP contribution in [0.15, 0.2) is 23.3 Å². The molecule has 42 heavy (non-hydrogen) atoms. The molecule has 8 nitrogen and oxygen atoms in total. The Kier molecular flexibility index (Phi) is 6.58. The van der Waals surface area contributed by atoms with Crippen molar-refractivity contribution >= 4 is 27.5 Å². The van der Waals surface area contributed by atoms with Crippen LogP contribution in [0.2, 0.25) is 0 Å². The molecule has 5 aliphatic carbocycles. The number of allylic oxidation sites excluding steroid dienone is 3. The van der Waals surface area contributed by atoms with Crippen LogP contribution < -0.4 is 4.72 Å². The number of Topliss-reactive ketones (excluding diaryl/α,β-unsaturated/α-hetero) is 1. The van der Waals surface area contributed by atoms with Crippen molar-refractivity contribution in [1.29, 1.82) is 5.26 Å². The van der Waals surface area contributed by atoms with Crippen LogP contribution in [0.25, 0.3) is 0 Å². The number of amides is 1. The van der Waals surface area contributed by atoms with Crippen molar-refractivity contribution < 1.29 is 27.9 Å². The van der Waals surface area contributed by atoms with Gasteiger partial charge in [-0.1, -0.05) is 54.5 Å². The Labute approximate surface area is 250 Å². The van der Waals surface area contributed by atoms with Gasteiger partial charge in [0.25, 0.3) is 0 Å². The molecule has 0 aromatic carbocycles. The molecule has 0 spiro atoms. The lowest BCUT2D eigenvalue weighted by molar-refractivity contribution is -0.242. The number of ketones is 2. The highest BCUT2D eigenvalue weighted by Crippen LogP contribution is 2.75.